The molecule has 2 rings (SSSR count). The first-order valence-electron chi connectivity index (χ1n) is 8.08. The zero-order valence-corrected chi connectivity index (χ0v) is 14.9. The average Bonchev–Trinajstić information content (AvgIpc) is 2.49. The van der Waals surface area contributed by atoms with Crippen LogP contribution in [0.15, 0.2) is 46.2 Å². The van der Waals surface area contributed by atoms with Gasteiger partial charge in [-0.2, -0.15) is 0 Å². The van der Waals surface area contributed by atoms with Crippen molar-refractivity contribution < 1.29 is 4.74 Å². The van der Waals surface area contributed by atoms with Crippen LogP contribution in [0.3, 0.4) is 0 Å². The van der Waals surface area contributed by atoms with Crippen molar-refractivity contribution in [2.75, 3.05) is 6.61 Å². The second-order valence-corrected chi connectivity index (χ2v) is 6.94. The molecule has 0 aromatic heterocycles. The first-order chi connectivity index (χ1) is 10.6. The number of hydrogen-bond donors (Lipinski definition) is 0. The standard InChI is InChI=1S/C20H26OS/c1-5-6-7-12-21-18-8-10-19(11-9-18)22-20-16(3)13-15(2)14-17(20)4/h8-11,13-14H,5-7,12H2,1-4H3. The summed E-state index contributed by atoms with van der Waals surface area (Å²) < 4.78 is 5.77. The molecule has 0 saturated carbocycles. The zero-order chi connectivity index (χ0) is 15.9. The van der Waals surface area contributed by atoms with E-state index in [2.05, 4.69) is 64.1 Å². The van der Waals surface area contributed by atoms with E-state index >= 15 is 0 Å². The Balaban J connectivity index is 1.99. The van der Waals surface area contributed by atoms with Gasteiger partial charge in [0.2, 0.25) is 0 Å². The molecule has 0 bridgehead atoms. The molecule has 22 heavy (non-hydrogen) atoms. The van der Waals surface area contributed by atoms with E-state index in [4.69, 9.17) is 4.74 Å². The van der Waals surface area contributed by atoms with Gasteiger partial charge in [0.15, 0.2) is 0 Å². The SMILES string of the molecule is CCCCCOc1ccc(Sc2c(C)cc(C)cc2C)cc1. The molecule has 0 radical (unpaired) electrons. The van der Waals surface area contributed by atoms with Crippen molar-refractivity contribution >= 4 is 11.8 Å². The van der Waals surface area contributed by atoms with Crippen LogP contribution < -0.4 is 4.74 Å². The van der Waals surface area contributed by atoms with Crippen LogP contribution in [0.4, 0.5) is 0 Å². The topological polar surface area (TPSA) is 9.23 Å². The van der Waals surface area contributed by atoms with E-state index in [-0.39, 0.29) is 0 Å². The van der Waals surface area contributed by atoms with E-state index in [9.17, 15) is 0 Å². The third-order valence-electron chi connectivity index (χ3n) is 3.66. The molecule has 0 aliphatic carbocycles. The van der Waals surface area contributed by atoms with Crippen molar-refractivity contribution in [1.29, 1.82) is 0 Å². The van der Waals surface area contributed by atoms with Crippen LogP contribution in [-0.2, 0) is 0 Å². The van der Waals surface area contributed by atoms with Crippen LogP contribution in [0.25, 0.3) is 0 Å². The van der Waals surface area contributed by atoms with Gasteiger partial charge in [0.05, 0.1) is 6.61 Å². The summed E-state index contributed by atoms with van der Waals surface area (Å²) in [6.45, 7) is 9.55. The summed E-state index contributed by atoms with van der Waals surface area (Å²) >= 11 is 1.83. The lowest BCUT2D eigenvalue weighted by Gasteiger charge is -2.11. The van der Waals surface area contributed by atoms with Gasteiger partial charge < -0.3 is 4.74 Å². The van der Waals surface area contributed by atoms with E-state index < -0.39 is 0 Å². The molecule has 0 aliphatic rings. The van der Waals surface area contributed by atoms with Crippen molar-refractivity contribution in [3.05, 3.63) is 53.1 Å². The number of unbranched alkanes of at least 4 members (excludes halogenated alkanes) is 2. The highest BCUT2D eigenvalue weighted by Crippen LogP contribution is 2.34. The van der Waals surface area contributed by atoms with Gasteiger partial charge >= 0.3 is 0 Å². The highest BCUT2D eigenvalue weighted by molar-refractivity contribution is 7.99. The first kappa shape index (κ1) is 17.0. The van der Waals surface area contributed by atoms with Gasteiger partial charge in [0, 0.05) is 9.79 Å². The summed E-state index contributed by atoms with van der Waals surface area (Å²) in [5, 5.41) is 0. The lowest BCUT2D eigenvalue weighted by atomic mass is 10.1. The van der Waals surface area contributed by atoms with Gasteiger partial charge in [0.25, 0.3) is 0 Å². The smallest absolute Gasteiger partial charge is 0.119 e. The molecular weight excluding hydrogens is 288 g/mol. The summed E-state index contributed by atoms with van der Waals surface area (Å²) in [5.41, 5.74) is 4.03. The maximum absolute atomic E-state index is 5.77. The van der Waals surface area contributed by atoms with Crippen LogP contribution in [0.2, 0.25) is 0 Å². The Morgan fingerprint density at radius 2 is 1.55 bits per heavy atom. The Morgan fingerprint density at radius 1 is 0.909 bits per heavy atom. The quantitative estimate of drug-likeness (QED) is 0.552. The Bertz CT molecular complexity index is 579. The van der Waals surface area contributed by atoms with E-state index in [1.807, 2.05) is 11.8 Å². The minimum absolute atomic E-state index is 0.816. The molecule has 2 aromatic rings. The minimum atomic E-state index is 0.816. The molecule has 0 amide bonds. The van der Waals surface area contributed by atoms with Crippen molar-refractivity contribution in [3.8, 4) is 5.75 Å². The Labute approximate surface area is 139 Å². The molecular formula is C20H26OS. The molecule has 0 fully saturated rings. The monoisotopic (exact) mass is 314 g/mol. The van der Waals surface area contributed by atoms with E-state index in [0.717, 1.165) is 18.8 Å². The lowest BCUT2D eigenvalue weighted by Crippen LogP contribution is -1.96. The minimum Gasteiger partial charge on any atom is -0.494 e. The zero-order valence-electron chi connectivity index (χ0n) is 14.1. The van der Waals surface area contributed by atoms with Gasteiger partial charge in [0.1, 0.15) is 5.75 Å². The molecule has 0 spiro atoms. The van der Waals surface area contributed by atoms with Gasteiger partial charge in [-0.25, -0.2) is 0 Å². The highest BCUT2D eigenvalue weighted by Gasteiger charge is 2.06. The fraction of sp³-hybridized carbons (Fsp3) is 0.400. The normalized spacial score (nSPS) is 10.7. The maximum Gasteiger partial charge on any atom is 0.119 e. The predicted octanol–water partition coefficient (Wildman–Crippen LogP) is 6.33. The van der Waals surface area contributed by atoms with Crippen molar-refractivity contribution in [2.24, 2.45) is 0 Å². The summed E-state index contributed by atoms with van der Waals surface area (Å²) in [6, 6.07) is 13.0. The van der Waals surface area contributed by atoms with Crippen LogP contribution in [0.1, 0.15) is 42.9 Å². The van der Waals surface area contributed by atoms with Crippen LogP contribution in [-0.4, -0.2) is 6.61 Å². The van der Waals surface area contributed by atoms with Gasteiger partial charge in [-0.05, 0) is 62.6 Å². The number of aryl methyl sites for hydroxylation is 3. The molecule has 0 aliphatic heterocycles. The van der Waals surface area contributed by atoms with Gasteiger partial charge in [-0.15, -0.1) is 0 Å². The van der Waals surface area contributed by atoms with Crippen molar-refractivity contribution in [3.63, 3.8) is 0 Å². The second-order valence-electron chi connectivity index (χ2n) is 5.86. The predicted molar refractivity (Wildman–Crippen MR) is 96.2 cm³/mol. The number of ether oxygens (including phenoxy) is 1. The molecule has 0 atom stereocenters. The third-order valence-corrected chi connectivity index (χ3v) is 5.02. The molecule has 1 nitrogen and oxygen atoms in total. The molecule has 2 heteroatoms. The van der Waals surface area contributed by atoms with Gasteiger partial charge in [-0.1, -0.05) is 49.2 Å². The summed E-state index contributed by atoms with van der Waals surface area (Å²) in [5.74, 6) is 0.970. The Hall–Kier alpha value is -1.41. The fourth-order valence-electron chi connectivity index (χ4n) is 2.59. The van der Waals surface area contributed by atoms with Crippen LogP contribution >= 0.6 is 11.8 Å². The summed E-state index contributed by atoms with van der Waals surface area (Å²) in [4.78, 5) is 2.62. The number of benzene rings is 2. The van der Waals surface area contributed by atoms with Gasteiger partial charge in [-0.3, -0.25) is 0 Å². The molecule has 118 valence electrons. The molecule has 0 N–H and O–H groups in total. The molecule has 0 unspecified atom stereocenters. The summed E-state index contributed by atoms with van der Waals surface area (Å²) in [7, 11) is 0. The summed E-state index contributed by atoms with van der Waals surface area (Å²) in [6.07, 6.45) is 3.60. The van der Waals surface area contributed by atoms with E-state index in [0.29, 0.717) is 0 Å². The fourth-order valence-corrected chi connectivity index (χ4v) is 3.54. The maximum atomic E-state index is 5.77. The number of rotatable bonds is 7. The third kappa shape index (κ3) is 4.81. The number of hydrogen-bond acceptors (Lipinski definition) is 2. The van der Waals surface area contributed by atoms with Crippen LogP contribution in [0, 0.1) is 20.8 Å². The Morgan fingerprint density at radius 3 is 2.14 bits per heavy atom. The van der Waals surface area contributed by atoms with Crippen molar-refractivity contribution in [1.82, 2.24) is 0 Å². The lowest BCUT2D eigenvalue weighted by molar-refractivity contribution is 0.306. The first-order valence-corrected chi connectivity index (χ1v) is 8.90. The van der Waals surface area contributed by atoms with Crippen molar-refractivity contribution in [2.45, 2.75) is 56.7 Å². The van der Waals surface area contributed by atoms with E-state index in [1.54, 1.807) is 0 Å². The Kier molecular flexibility index (Phi) is 6.38. The van der Waals surface area contributed by atoms with E-state index in [1.165, 1.54) is 39.3 Å². The molecule has 0 heterocycles. The molecule has 2 aromatic carbocycles. The average molecular weight is 314 g/mol. The van der Waals surface area contributed by atoms with Crippen LogP contribution in [0.5, 0.6) is 5.75 Å². The second kappa shape index (κ2) is 8.28. The molecule has 0 saturated heterocycles. The largest absolute Gasteiger partial charge is 0.494 e. The highest BCUT2D eigenvalue weighted by atomic mass is 32.2.